The molecule has 1 atom stereocenters. The van der Waals surface area contributed by atoms with Gasteiger partial charge >= 0.3 is 0 Å². The minimum Gasteiger partial charge on any atom is -0.489 e. The molecule has 1 unspecified atom stereocenters. The molecule has 3 N–H and O–H groups in total. The lowest BCUT2D eigenvalue weighted by molar-refractivity contribution is 0.268. The van der Waals surface area contributed by atoms with E-state index >= 15 is 0 Å². The van der Waals surface area contributed by atoms with Crippen molar-refractivity contribution in [3.05, 3.63) is 89.5 Å². The third kappa shape index (κ3) is 4.08. The molecule has 0 heterocycles. The van der Waals surface area contributed by atoms with E-state index in [9.17, 15) is 5.11 Å². The highest BCUT2D eigenvalue weighted by atomic mass is 16.5. The number of nitrogens with two attached hydrogens (primary N) is 1. The van der Waals surface area contributed by atoms with Crippen LogP contribution in [0.3, 0.4) is 0 Å². The van der Waals surface area contributed by atoms with E-state index in [0.717, 1.165) is 28.0 Å². The fourth-order valence-electron chi connectivity index (χ4n) is 2.87. The smallest absolute Gasteiger partial charge is 0.119 e. The second-order valence-electron chi connectivity index (χ2n) is 6.11. The van der Waals surface area contributed by atoms with Crippen molar-refractivity contribution in [2.75, 3.05) is 6.61 Å². The quantitative estimate of drug-likeness (QED) is 0.709. The SMILES string of the molecule is Cc1c(COc2ccccc2)cccc1-c1cccc(C(N)CO)c1. The van der Waals surface area contributed by atoms with Gasteiger partial charge in [0.15, 0.2) is 0 Å². The van der Waals surface area contributed by atoms with Crippen LogP contribution in [0.25, 0.3) is 11.1 Å². The van der Waals surface area contributed by atoms with Gasteiger partial charge in [0.1, 0.15) is 12.4 Å². The van der Waals surface area contributed by atoms with Gasteiger partial charge in [0.05, 0.1) is 12.6 Å². The minimum atomic E-state index is -0.357. The summed E-state index contributed by atoms with van der Waals surface area (Å²) in [6.45, 7) is 2.57. The van der Waals surface area contributed by atoms with Gasteiger partial charge in [-0.1, -0.05) is 54.6 Å². The van der Waals surface area contributed by atoms with Crippen LogP contribution in [0, 0.1) is 6.92 Å². The number of hydrogen-bond donors (Lipinski definition) is 2. The van der Waals surface area contributed by atoms with Crippen molar-refractivity contribution >= 4 is 0 Å². The van der Waals surface area contributed by atoms with E-state index in [4.69, 9.17) is 10.5 Å². The Balaban J connectivity index is 1.86. The van der Waals surface area contributed by atoms with Crippen molar-refractivity contribution in [3.8, 4) is 16.9 Å². The molecule has 0 fully saturated rings. The number of para-hydroxylation sites is 1. The first-order valence-electron chi connectivity index (χ1n) is 8.42. The van der Waals surface area contributed by atoms with Crippen molar-refractivity contribution in [2.45, 2.75) is 19.6 Å². The average molecular weight is 333 g/mol. The van der Waals surface area contributed by atoms with Crippen LogP contribution in [0.2, 0.25) is 0 Å². The van der Waals surface area contributed by atoms with E-state index in [2.05, 4.69) is 25.1 Å². The van der Waals surface area contributed by atoms with Crippen LogP contribution in [0.1, 0.15) is 22.7 Å². The van der Waals surface area contributed by atoms with Crippen LogP contribution in [0.5, 0.6) is 5.75 Å². The molecule has 0 amide bonds. The molecule has 0 saturated heterocycles. The van der Waals surface area contributed by atoms with Crippen molar-refractivity contribution in [1.29, 1.82) is 0 Å². The Morgan fingerprint density at radius 3 is 2.48 bits per heavy atom. The third-order valence-corrected chi connectivity index (χ3v) is 4.41. The Labute approximate surface area is 148 Å². The molecule has 3 aromatic rings. The van der Waals surface area contributed by atoms with Crippen LogP contribution in [0.4, 0.5) is 0 Å². The number of aliphatic hydroxyl groups is 1. The Bertz CT molecular complexity index is 830. The lowest BCUT2D eigenvalue weighted by Crippen LogP contribution is -2.14. The van der Waals surface area contributed by atoms with Crippen molar-refractivity contribution < 1.29 is 9.84 Å². The van der Waals surface area contributed by atoms with E-state index in [1.54, 1.807) is 0 Å². The van der Waals surface area contributed by atoms with E-state index in [1.165, 1.54) is 5.56 Å². The zero-order valence-electron chi connectivity index (χ0n) is 14.4. The largest absolute Gasteiger partial charge is 0.489 e. The number of aliphatic hydroxyl groups excluding tert-OH is 1. The van der Waals surface area contributed by atoms with E-state index in [-0.39, 0.29) is 12.6 Å². The summed E-state index contributed by atoms with van der Waals surface area (Å²) in [5.74, 6) is 0.864. The molecule has 0 saturated carbocycles. The van der Waals surface area contributed by atoms with Gasteiger partial charge in [-0.15, -0.1) is 0 Å². The first kappa shape index (κ1) is 17.2. The lowest BCUT2D eigenvalue weighted by Gasteiger charge is -2.15. The molecule has 0 spiro atoms. The molecule has 3 nitrogen and oxygen atoms in total. The Hall–Kier alpha value is -2.62. The summed E-state index contributed by atoms with van der Waals surface area (Å²) in [6, 6.07) is 23.7. The van der Waals surface area contributed by atoms with E-state index < -0.39 is 0 Å². The predicted octanol–water partition coefficient (Wildman–Crippen LogP) is 4.23. The zero-order valence-corrected chi connectivity index (χ0v) is 14.4. The van der Waals surface area contributed by atoms with Gasteiger partial charge in [-0.05, 0) is 52.9 Å². The van der Waals surface area contributed by atoms with Crippen molar-refractivity contribution in [2.24, 2.45) is 5.73 Å². The maximum absolute atomic E-state index is 9.29. The summed E-state index contributed by atoms with van der Waals surface area (Å²) in [4.78, 5) is 0. The number of benzene rings is 3. The van der Waals surface area contributed by atoms with Crippen LogP contribution < -0.4 is 10.5 Å². The maximum atomic E-state index is 9.29. The Morgan fingerprint density at radius 1 is 0.960 bits per heavy atom. The summed E-state index contributed by atoms with van der Waals surface area (Å²) in [6.07, 6.45) is 0. The second kappa shape index (κ2) is 7.97. The van der Waals surface area contributed by atoms with Crippen molar-refractivity contribution in [1.82, 2.24) is 0 Å². The van der Waals surface area contributed by atoms with Crippen LogP contribution in [-0.2, 0) is 6.61 Å². The summed E-state index contributed by atoms with van der Waals surface area (Å²) in [7, 11) is 0. The molecule has 128 valence electrons. The van der Waals surface area contributed by atoms with E-state index in [0.29, 0.717) is 6.61 Å². The normalized spacial score (nSPS) is 12.0. The van der Waals surface area contributed by atoms with Crippen LogP contribution in [-0.4, -0.2) is 11.7 Å². The molecule has 0 aromatic heterocycles. The Morgan fingerprint density at radius 2 is 1.72 bits per heavy atom. The predicted molar refractivity (Wildman–Crippen MR) is 101 cm³/mol. The molecule has 0 radical (unpaired) electrons. The minimum absolute atomic E-state index is 0.0621. The summed E-state index contributed by atoms with van der Waals surface area (Å²) < 4.78 is 5.89. The number of rotatable bonds is 6. The zero-order chi connectivity index (χ0) is 17.6. The summed E-state index contributed by atoms with van der Waals surface area (Å²) in [5, 5.41) is 9.29. The molecule has 3 aromatic carbocycles. The van der Waals surface area contributed by atoms with Gasteiger partial charge in [0.2, 0.25) is 0 Å². The van der Waals surface area contributed by atoms with Gasteiger partial charge in [-0.2, -0.15) is 0 Å². The molecule has 3 heteroatoms. The first-order valence-corrected chi connectivity index (χ1v) is 8.42. The Kier molecular flexibility index (Phi) is 5.49. The fraction of sp³-hybridized carbons (Fsp3) is 0.182. The number of hydrogen-bond acceptors (Lipinski definition) is 3. The van der Waals surface area contributed by atoms with Gasteiger partial charge < -0.3 is 15.6 Å². The highest BCUT2D eigenvalue weighted by Crippen LogP contribution is 2.28. The molecule has 0 aliphatic carbocycles. The molecule has 0 bridgehead atoms. The highest BCUT2D eigenvalue weighted by molar-refractivity contribution is 5.69. The second-order valence-corrected chi connectivity index (χ2v) is 6.11. The highest BCUT2D eigenvalue weighted by Gasteiger charge is 2.10. The third-order valence-electron chi connectivity index (χ3n) is 4.41. The molecule has 3 rings (SSSR count). The monoisotopic (exact) mass is 333 g/mol. The molecule has 0 aliphatic rings. The maximum Gasteiger partial charge on any atom is 0.119 e. The van der Waals surface area contributed by atoms with Crippen LogP contribution in [0.15, 0.2) is 72.8 Å². The lowest BCUT2D eigenvalue weighted by atomic mass is 9.94. The number of ether oxygens (including phenoxy) is 1. The van der Waals surface area contributed by atoms with E-state index in [1.807, 2.05) is 54.6 Å². The topological polar surface area (TPSA) is 55.5 Å². The summed E-state index contributed by atoms with van der Waals surface area (Å²) in [5.41, 5.74) is 11.5. The molecule has 25 heavy (non-hydrogen) atoms. The average Bonchev–Trinajstić information content (AvgIpc) is 2.67. The fourth-order valence-corrected chi connectivity index (χ4v) is 2.87. The molecule has 0 aliphatic heterocycles. The van der Waals surface area contributed by atoms with Crippen LogP contribution >= 0.6 is 0 Å². The molecular weight excluding hydrogens is 310 g/mol. The van der Waals surface area contributed by atoms with Gasteiger partial charge in [-0.3, -0.25) is 0 Å². The standard InChI is InChI=1S/C22H23NO2/c1-16-19(15-25-20-10-3-2-4-11-20)9-6-12-21(16)17-7-5-8-18(13-17)22(23)14-24/h2-13,22,24H,14-15,23H2,1H3. The molecular formula is C22H23NO2. The van der Waals surface area contributed by atoms with Gasteiger partial charge in [0.25, 0.3) is 0 Å². The first-order chi connectivity index (χ1) is 12.2. The summed E-state index contributed by atoms with van der Waals surface area (Å²) >= 11 is 0. The van der Waals surface area contributed by atoms with Gasteiger partial charge in [0, 0.05) is 0 Å². The van der Waals surface area contributed by atoms with Gasteiger partial charge in [-0.25, -0.2) is 0 Å². The van der Waals surface area contributed by atoms with Crippen molar-refractivity contribution in [3.63, 3.8) is 0 Å².